The molecule has 0 spiro atoms. The van der Waals surface area contributed by atoms with Crippen LogP contribution in [0.2, 0.25) is 0 Å². The third-order valence-corrected chi connectivity index (χ3v) is 4.94. The van der Waals surface area contributed by atoms with E-state index in [4.69, 9.17) is 5.41 Å². The Morgan fingerprint density at radius 3 is 2.12 bits per heavy atom. The van der Waals surface area contributed by atoms with Crippen molar-refractivity contribution in [3.8, 4) is 0 Å². The number of hydrogen-bond donors (Lipinski definition) is 1. The SMILES string of the molecule is CC1=CC(C)=C(c2cc3ccccc3cc2C(=N)c2ccccc2)C1. The van der Waals surface area contributed by atoms with Crippen molar-refractivity contribution in [2.75, 3.05) is 0 Å². The Kier molecular flexibility index (Phi) is 3.85. The maximum atomic E-state index is 8.83. The Labute approximate surface area is 148 Å². The first-order valence-electron chi connectivity index (χ1n) is 8.68. The summed E-state index contributed by atoms with van der Waals surface area (Å²) in [6, 6.07) is 22.9. The second kappa shape index (κ2) is 6.18. The normalized spacial score (nSPS) is 14.1. The predicted octanol–water partition coefficient (Wildman–Crippen LogP) is 6.38. The fourth-order valence-corrected chi connectivity index (χ4v) is 3.69. The largest absolute Gasteiger partial charge is 0.300 e. The molecule has 1 heteroatoms. The van der Waals surface area contributed by atoms with E-state index in [-0.39, 0.29) is 0 Å². The van der Waals surface area contributed by atoms with Crippen LogP contribution in [0.1, 0.15) is 37.0 Å². The first kappa shape index (κ1) is 15.6. The van der Waals surface area contributed by atoms with Gasteiger partial charge in [-0.05, 0) is 59.9 Å². The van der Waals surface area contributed by atoms with Crippen LogP contribution in [0.3, 0.4) is 0 Å². The number of allylic oxidation sites excluding steroid dienone is 4. The van der Waals surface area contributed by atoms with Gasteiger partial charge in [0.15, 0.2) is 0 Å². The van der Waals surface area contributed by atoms with Crippen LogP contribution in [0.15, 0.2) is 84.0 Å². The molecule has 0 saturated carbocycles. The summed E-state index contributed by atoms with van der Waals surface area (Å²) in [5, 5.41) is 11.2. The molecule has 122 valence electrons. The average Bonchev–Trinajstić information content (AvgIpc) is 2.98. The minimum atomic E-state index is 0.589. The summed E-state index contributed by atoms with van der Waals surface area (Å²) in [5.74, 6) is 0. The van der Waals surface area contributed by atoms with Gasteiger partial charge in [-0.2, -0.15) is 0 Å². The van der Waals surface area contributed by atoms with Gasteiger partial charge in [0.05, 0.1) is 5.71 Å². The second-order valence-corrected chi connectivity index (χ2v) is 6.82. The van der Waals surface area contributed by atoms with E-state index in [1.165, 1.54) is 33.1 Å². The van der Waals surface area contributed by atoms with Gasteiger partial charge in [0.2, 0.25) is 0 Å². The molecule has 1 nitrogen and oxygen atoms in total. The molecule has 3 aromatic rings. The van der Waals surface area contributed by atoms with Gasteiger partial charge in [0.25, 0.3) is 0 Å². The highest BCUT2D eigenvalue weighted by Gasteiger charge is 2.19. The zero-order valence-corrected chi connectivity index (χ0v) is 14.6. The van der Waals surface area contributed by atoms with E-state index in [1.807, 2.05) is 30.3 Å². The fraction of sp³-hybridized carbons (Fsp3) is 0.125. The molecule has 0 saturated heterocycles. The lowest BCUT2D eigenvalue weighted by Gasteiger charge is -2.15. The van der Waals surface area contributed by atoms with E-state index in [0.29, 0.717) is 5.71 Å². The summed E-state index contributed by atoms with van der Waals surface area (Å²) in [6.07, 6.45) is 3.24. The highest BCUT2D eigenvalue weighted by atomic mass is 14.4. The molecule has 0 unspecified atom stereocenters. The maximum Gasteiger partial charge on any atom is 0.0690 e. The summed E-state index contributed by atoms with van der Waals surface area (Å²) in [7, 11) is 0. The Morgan fingerprint density at radius 1 is 0.840 bits per heavy atom. The minimum absolute atomic E-state index is 0.589. The summed E-state index contributed by atoms with van der Waals surface area (Å²) in [4.78, 5) is 0. The van der Waals surface area contributed by atoms with Gasteiger partial charge >= 0.3 is 0 Å². The quantitative estimate of drug-likeness (QED) is 0.541. The lowest BCUT2D eigenvalue weighted by molar-refractivity contribution is 1.26. The van der Waals surface area contributed by atoms with Crippen LogP contribution in [0.5, 0.6) is 0 Å². The summed E-state index contributed by atoms with van der Waals surface area (Å²) in [6.45, 7) is 4.36. The first-order valence-corrected chi connectivity index (χ1v) is 8.68. The first-order chi connectivity index (χ1) is 12.1. The molecule has 0 aliphatic heterocycles. The van der Waals surface area contributed by atoms with E-state index in [2.05, 4.69) is 56.3 Å². The second-order valence-electron chi connectivity index (χ2n) is 6.82. The van der Waals surface area contributed by atoms with Crippen LogP contribution in [0.25, 0.3) is 16.3 Å². The standard InChI is InChI=1S/C24H21N/c1-16-12-17(2)21(13-16)22-14-19-10-6-7-11-20(19)15-23(22)24(25)18-8-4-3-5-9-18/h3-12,14-15,25H,13H2,1-2H3. The Hall–Kier alpha value is -2.93. The van der Waals surface area contributed by atoms with Gasteiger partial charge in [-0.25, -0.2) is 0 Å². The highest BCUT2D eigenvalue weighted by Crippen LogP contribution is 2.37. The van der Waals surface area contributed by atoms with E-state index in [1.54, 1.807) is 0 Å². The highest BCUT2D eigenvalue weighted by molar-refractivity contribution is 6.15. The molecule has 1 aliphatic rings. The molecular weight excluding hydrogens is 302 g/mol. The van der Waals surface area contributed by atoms with Crippen molar-refractivity contribution in [2.24, 2.45) is 0 Å². The van der Waals surface area contributed by atoms with Crippen molar-refractivity contribution in [1.82, 2.24) is 0 Å². The summed E-state index contributed by atoms with van der Waals surface area (Å²) < 4.78 is 0. The molecule has 4 rings (SSSR count). The van der Waals surface area contributed by atoms with Crippen molar-refractivity contribution >= 4 is 22.1 Å². The molecule has 0 aromatic heterocycles. The van der Waals surface area contributed by atoms with Crippen LogP contribution in [-0.4, -0.2) is 5.71 Å². The molecule has 1 aliphatic carbocycles. The number of hydrogen-bond acceptors (Lipinski definition) is 1. The van der Waals surface area contributed by atoms with E-state index in [0.717, 1.165) is 17.5 Å². The maximum absolute atomic E-state index is 8.83. The van der Waals surface area contributed by atoms with E-state index in [9.17, 15) is 0 Å². The van der Waals surface area contributed by atoms with Gasteiger partial charge in [-0.15, -0.1) is 0 Å². The van der Waals surface area contributed by atoms with E-state index < -0.39 is 0 Å². The molecule has 0 amide bonds. The molecule has 25 heavy (non-hydrogen) atoms. The van der Waals surface area contributed by atoms with Crippen LogP contribution in [-0.2, 0) is 0 Å². The lowest BCUT2D eigenvalue weighted by atomic mass is 9.88. The summed E-state index contributed by atoms with van der Waals surface area (Å²) in [5.41, 5.74) is 7.80. The average molecular weight is 323 g/mol. The topological polar surface area (TPSA) is 23.9 Å². The van der Waals surface area contributed by atoms with Crippen molar-refractivity contribution in [2.45, 2.75) is 20.3 Å². The van der Waals surface area contributed by atoms with Crippen molar-refractivity contribution in [3.63, 3.8) is 0 Å². The third kappa shape index (κ3) is 2.83. The van der Waals surface area contributed by atoms with Gasteiger partial charge in [0, 0.05) is 11.1 Å². The van der Waals surface area contributed by atoms with Crippen LogP contribution < -0.4 is 0 Å². The minimum Gasteiger partial charge on any atom is -0.300 e. The molecular formula is C24H21N. The van der Waals surface area contributed by atoms with E-state index >= 15 is 0 Å². The zero-order valence-electron chi connectivity index (χ0n) is 14.6. The van der Waals surface area contributed by atoms with Crippen LogP contribution in [0, 0.1) is 5.41 Å². The molecule has 1 N–H and O–H groups in total. The molecule has 0 atom stereocenters. The Balaban J connectivity index is 1.94. The van der Waals surface area contributed by atoms with Crippen LogP contribution in [0.4, 0.5) is 0 Å². The number of benzene rings is 3. The van der Waals surface area contributed by atoms with Crippen molar-refractivity contribution in [3.05, 3.63) is 101 Å². The third-order valence-electron chi connectivity index (χ3n) is 4.94. The Bertz CT molecular complexity index is 1040. The predicted molar refractivity (Wildman–Crippen MR) is 107 cm³/mol. The van der Waals surface area contributed by atoms with Gasteiger partial charge in [0.1, 0.15) is 0 Å². The number of rotatable bonds is 3. The lowest BCUT2D eigenvalue weighted by Crippen LogP contribution is -2.06. The van der Waals surface area contributed by atoms with Gasteiger partial charge in [-0.1, -0.05) is 66.2 Å². The fourth-order valence-electron chi connectivity index (χ4n) is 3.69. The van der Waals surface area contributed by atoms with Crippen molar-refractivity contribution in [1.29, 1.82) is 5.41 Å². The van der Waals surface area contributed by atoms with Gasteiger partial charge < -0.3 is 0 Å². The van der Waals surface area contributed by atoms with Crippen molar-refractivity contribution < 1.29 is 0 Å². The van der Waals surface area contributed by atoms with Gasteiger partial charge in [-0.3, -0.25) is 5.41 Å². The zero-order chi connectivity index (χ0) is 17.4. The molecule has 0 bridgehead atoms. The molecule has 3 aromatic carbocycles. The number of fused-ring (bicyclic) bond motifs is 1. The smallest absolute Gasteiger partial charge is 0.0690 e. The number of nitrogens with one attached hydrogen (secondary N) is 1. The molecule has 0 fully saturated rings. The molecule has 0 radical (unpaired) electrons. The molecule has 0 heterocycles. The Morgan fingerprint density at radius 2 is 1.48 bits per heavy atom. The summed E-state index contributed by atoms with van der Waals surface area (Å²) >= 11 is 0. The monoisotopic (exact) mass is 323 g/mol. The van der Waals surface area contributed by atoms with Crippen LogP contribution >= 0.6 is 0 Å².